The van der Waals surface area contributed by atoms with Gasteiger partial charge in [-0.25, -0.2) is 0 Å². The van der Waals surface area contributed by atoms with Crippen LogP contribution in [0.1, 0.15) is 25.8 Å². The molecule has 0 aliphatic carbocycles. The summed E-state index contributed by atoms with van der Waals surface area (Å²) in [6.07, 6.45) is -5.10. The number of halogens is 3. The molecule has 0 radical (unpaired) electrons. The minimum atomic E-state index is -4.51. The molecule has 2 aromatic carbocycles. The lowest BCUT2D eigenvalue weighted by Crippen LogP contribution is -2.40. The van der Waals surface area contributed by atoms with Crippen LogP contribution in [-0.2, 0) is 16.0 Å². The number of carbonyl (C=O) groups excluding carboxylic acids is 1. The summed E-state index contributed by atoms with van der Waals surface area (Å²) < 4.78 is 38.6. The van der Waals surface area contributed by atoms with Crippen LogP contribution in [0.25, 0.3) is 10.8 Å². The highest BCUT2D eigenvalue weighted by molar-refractivity contribution is 5.86. The standard InChI is InChI=1S/C20H22F3NO3/c1-19(2,20(21,22)23)11-17(25)24-12-15(18(26)27)10-14-8-5-7-13-6-3-4-9-16(13)14/h3-9,15H,10-12H2,1-2H3,(H,24,25)(H,26,27). The summed E-state index contributed by atoms with van der Waals surface area (Å²) in [7, 11) is 0. The number of alkyl halides is 3. The highest BCUT2D eigenvalue weighted by Crippen LogP contribution is 2.40. The van der Waals surface area contributed by atoms with Crippen LogP contribution in [-0.4, -0.2) is 29.7 Å². The second-order valence-electron chi connectivity index (χ2n) is 7.24. The second kappa shape index (κ2) is 7.98. The zero-order valence-corrected chi connectivity index (χ0v) is 15.1. The van der Waals surface area contributed by atoms with Crippen LogP contribution >= 0.6 is 0 Å². The van der Waals surface area contributed by atoms with Crippen LogP contribution in [0.3, 0.4) is 0 Å². The van der Waals surface area contributed by atoms with Gasteiger partial charge >= 0.3 is 12.1 Å². The number of rotatable bonds is 7. The minimum absolute atomic E-state index is 0.166. The number of hydrogen-bond donors (Lipinski definition) is 2. The average Bonchev–Trinajstić information content (AvgIpc) is 2.57. The Bertz CT molecular complexity index is 825. The molecule has 2 rings (SSSR count). The smallest absolute Gasteiger partial charge is 0.394 e. The third kappa shape index (κ3) is 5.21. The molecule has 0 aliphatic heterocycles. The van der Waals surface area contributed by atoms with E-state index in [1.54, 1.807) is 0 Å². The summed E-state index contributed by atoms with van der Waals surface area (Å²) in [4.78, 5) is 23.5. The van der Waals surface area contributed by atoms with Gasteiger partial charge in [-0.2, -0.15) is 13.2 Å². The molecule has 146 valence electrons. The van der Waals surface area contributed by atoms with Crippen molar-refractivity contribution >= 4 is 22.6 Å². The Morgan fingerprint density at radius 1 is 1.07 bits per heavy atom. The number of fused-ring (bicyclic) bond motifs is 1. The van der Waals surface area contributed by atoms with Crippen molar-refractivity contribution in [1.29, 1.82) is 0 Å². The van der Waals surface area contributed by atoms with Crippen LogP contribution in [0.2, 0.25) is 0 Å². The van der Waals surface area contributed by atoms with Crippen LogP contribution in [0, 0.1) is 11.3 Å². The van der Waals surface area contributed by atoms with Crippen molar-refractivity contribution in [3.8, 4) is 0 Å². The lowest BCUT2D eigenvalue weighted by Gasteiger charge is -2.27. The van der Waals surface area contributed by atoms with Gasteiger partial charge in [0.15, 0.2) is 0 Å². The lowest BCUT2D eigenvalue weighted by molar-refractivity contribution is -0.213. The number of benzene rings is 2. The van der Waals surface area contributed by atoms with Gasteiger partial charge in [0.25, 0.3) is 0 Å². The molecule has 0 aliphatic rings. The van der Waals surface area contributed by atoms with Gasteiger partial charge in [0.2, 0.25) is 5.91 Å². The fraction of sp³-hybridized carbons (Fsp3) is 0.400. The third-order valence-corrected chi connectivity index (χ3v) is 4.61. The highest BCUT2D eigenvalue weighted by Gasteiger charge is 2.48. The first kappa shape index (κ1) is 20.7. The van der Waals surface area contributed by atoms with Crippen molar-refractivity contribution in [1.82, 2.24) is 5.32 Å². The topological polar surface area (TPSA) is 66.4 Å². The van der Waals surface area contributed by atoms with Gasteiger partial charge in [-0.1, -0.05) is 56.3 Å². The maximum atomic E-state index is 12.9. The molecule has 0 heterocycles. The number of aliphatic carboxylic acids is 1. The molecule has 0 saturated heterocycles. The first-order valence-corrected chi connectivity index (χ1v) is 8.54. The first-order chi connectivity index (χ1) is 12.5. The molecule has 4 nitrogen and oxygen atoms in total. The van der Waals surface area contributed by atoms with Crippen molar-refractivity contribution < 1.29 is 27.9 Å². The van der Waals surface area contributed by atoms with E-state index in [9.17, 15) is 27.9 Å². The number of amides is 1. The molecule has 0 spiro atoms. The zero-order chi connectivity index (χ0) is 20.2. The SMILES string of the molecule is CC(C)(CC(=O)NCC(Cc1cccc2ccccc12)C(=O)O)C(F)(F)F. The maximum Gasteiger partial charge on any atom is 0.394 e. The van der Waals surface area contributed by atoms with Crippen molar-refractivity contribution in [2.75, 3.05) is 6.54 Å². The molecule has 0 saturated carbocycles. The molecular weight excluding hydrogens is 359 g/mol. The number of carboxylic acid groups (broad SMARTS) is 1. The van der Waals surface area contributed by atoms with Gasteiger partial charge < -0.3 is 10.4 Å². The molecule has 7 heteroatoms. The normalized spacial score (nSPS) is 13.4. The van der Waals surface area contributed by atoms with Gasteiger partial charge in [0.1, 0.15) is 0 Å². The van der Waals surface area contributed by atoms with Gasteiger partial charge in [-0.05, 0) is 22.8 Å². The molecule has 1 unspecified atom stereocenters. The van der Waals surface area contributed by atoms with E-state index in [0.717, 1.165) is 30.2 Å². The summed E-state index contributed by atoms with van der Waals surface area (Å²) >= 11 is 0. The van der Waals surface area contributed by atoms with Crippen LogP contribution in [0.4, 0.5) is 13.2 Å². The zero-order valence-electron chi connectivity index (χ0n) is 15.1. The van der Waals surface area contributed by atoms with Gasteiger partial charge in [0.05, 0.1) is 11.3 Å². The van der Waals surface area contributed by atoms with Gasteiger partial charge in [-0.15, -0.1) is 0 Å². The highest BCUT2D eigenvalue weighted by atomic mass is 19.4. The monoisotopic (exact) mass is 381 g/mol. The Labute approximate surface area is 155 Å². The molecular formula is C20H22F3NO3. The average molecular weight is 381 g/mol. The van der Waals surface area contributed by atoms with Gasteiger partial charge in [-0.3, -0.25) is 9.59 Å². The number of hydrogen-bond acceptors (Lipinski definition) is 2. The summed E-state index contributed by atoms with van der Waals surface area (Å²) in [6, 6.07) is 13.1. The van der Waals surface area contributed by atoms with E-state index in [4.69, 9.17) is 0 Å². The van der Waals surface area contributed by atoms with E-state index in [2.05, 4.69) is 5.32 Å². The molecule has 1 atom stereocenters. The summed E-state index contributed by atoms with van der Waals surface area (Å²) in [5, 5.41) is 13.7. The molecule has 0 aromatic heterocycles. The third-order valence-electron chi connectivity index (χ3n) is 4.61. The fourth-order valence-corrected chi connectivity index (χ4v) is 2.78. The lowest BCUT2D eigenvalue weighted by atomic mass is 9.88. The van der Waals surface area contributed by atoms with Crippen molar-refractivity contribution in [2.24, 2.45) is 11.3 Å². The second-order valence-corrected chi connectivity index (χ2v) is 7.24. The van der Waals surface area contributed by atoms with Crippen molar-refractivity contribution in [3.63, 3.8) is 0 Å². The van der Waals surface area contributed by atoms with Crippen LogP contribution in [0.5, 0.6) is 0 Å². The van der Waals surface area contributed by atoms with E-state index in [0.29, 0.717) is 0 Å². The van der Waals surface area contributed by atoms with E-state index in [1.807, 2.05) is 42.5 Å². The Hall–Kier alpha value is -2.57. The molecule has 2 N–H and O–H groups in total. The van der Waals surface area contributed by atoms with E-state index >= 15 is 0 Å². The minimum Gasteiger partial charge on any atom is -0.481 e. The van der Waals surface area contributed by atoms with Crippen molar-refractivity contribution in [3.05, 3.63) is 48.0 Å². The molecule has 0 fully saturated rings. The predicted octanol–water partition coefficient (Wildman–Crippen LogP) is 4.18. The van der Waals surface area contributed by atoms with E-state index < -0.39 is 35.8 Å². The summed E-state index contributed by atoms with van der Waals surface area (Å²) in [5.41, 5.74) is -1.36. The number of carbonyl (C=O) groups is 2. The quantitative estimate of drug-likeness (QED) is 0.756. The molecule has 27 heavy (non-hydrogen) atoms. The predicted molar refractivity (Wildman–Crippen MR) is 96.2 cm³/mol. The Balaban J connectivity index is 2.06. The first-order valence-electron chi connectivity index (χ1n) is 8.54. The Morgan fingerprint density at radius 3 is 2.33 bits per heavy atom. The van der Waals surface area contributed by atoms with Crippen LogP contribution in [0.15, 0.2) is 42.5 Å². The van der Waals surface area contributed by atoms with Crippen molar-refractivity contribution in [2.45, 2.75) is 32.9 Å². The summed E-state index contributed by atoms with van der Waals surface area (Å²) in [5.74, 6) is -2.87. The largest absolute Gasteiger partial charge is 0.481 e. The molecule has 1 amide bonds. The summed E-state index contributed by atoms with van der Waals surface area (Å²) in [6.45, 7) is 1.65. The maximum absolute atomic E-state index is 12.9. The Kier molecular flexibility index (Phi) is 6.13. The van der Waals surface area contributed by atoms with E-state index in [-0.39, 0.29) is 13.0 Å². The van der Waals surface area contributed by atoms with E-state index in [1.165, 1.54) is 0 Å². The molecule has 2 aromatic rings. The van der Waals surface area contributed by atoms with Crippen LogP contribution < -0.4 is 5.32 Å². The Morgan fingerprint density at radius 2 is 1.70 bits per heavy atom. The number of nitrogens with one attached hydrogen (secondary N) is 1. The van der Waals surface area contributed by atoms with Gasteiger partial charge in [0, 0.05) is 13.0 Å². The number of carboxylic acids is 1. The molecule has 0 bridgehead atoms. The fourth-order valence-electron chi connectivity index (χ4n) is 2.78.